The molecule has 0 saturated heterocycles. The van der Waals surface area contributed by atoms with E-state index in [2.05, 4.69) is 65.6 Å². The Morgan fingerprint density at radius 1 is 1.29 bits per heavy atom. The minimum Gasteiger partial charge on any atom is -0.396 e. The van der Waals surface area contributed by atoms with Gasteiger partial charge in [0.05, 0.1) is 0 Å². The first-order valence-corrected chi connectivity index (χ1v) is 8.55. The SMILES string of the molecule is CCNC(=NCC(C)CO)NCCN(CC)c1cccc(C)c1.I. The number of rotatable bonds is 9. The van der Waals surface area contributed by atoms with Crippen LogP contribution >= 0.6 is 24.0 Å². The molecule has 0 aliphatic rings. The molecule has 0 radical (unpaired) electrons. The van der Waals surface area contributed by atoms with E-state index in [1.165, 1.54) is 11.3 Å². The van der Waals surface area contributed by atoms with Crippen LogP contribution in [-0.2, 0) is 0 Å². The Balaban J connectivity index is 0.00000529. The number of nitrogens with one attached hydrogen (secondary N) is 2. The monoisotopic (exact) mass is 448 g/mol. The van der Waals surface area contributed by atoms with Gasteiger partial charge >= 0.3 is 0 Å². The zero-order valence-electron chi connectivity index (χ0n) is 15.4. The number of likely N-dealkylation sites (N-methyl/N-ethyl adjacent to an activating group) is 1. The van der Waals surface area contributed by atoms with Gasteiger partial charge in [0.15, 0.2) is 5.96 Å². The first-order valence-electron chi connectivity index (χ1n) is 8.55. The molecule has 5 nitrogen and oxygen atoms in total. The van der Waals surface area contributed by atoms with E-state index in [1.54, 1.807) is 0 Å². The molecule has 138 valence electrons. The van der Waals surface area contributed by atoms with Crippen molar-refractivity contribution in [2.75, 3.05) is 44.2 Å². The van der Waals surface area contributed by atoms with Crippen molar-refractivity contribution in [2.24, 2.45) is 10.9 Å². The summed E-state index contributed by atoms with van der Waals surface area (Å²) in [4.78, 5) is 6.86. The molecule has 0 aliphatic carbocycles. The summed E-state index contributed by atoms with van der Waals surface area (Å²) in [5.41, 5.74) is 2.53. The summed E-state index contributed by atoms with van der Waals surface area (Å²) in [6.45, 7) is 12.7. The van der Waals surface area contributed by atoms with Crippen molar-refractivity contribution < 1.29 is 5.11 Å². The van der Waals surface area contributed by atoms with Crippen LogP contribution in [0.25, 0.3) is 0 Å². The molecule has 0 heterocycles. The van der Waals surface area contributed by atoms with Gasteiger partial charge in [-0.2, -0.15) is 0 Å². The number of aliphatic hydroxyl groups is 1. The summed E-state index contributed by atoms with van der Waals surface area (Å²) in [7, 11) is 0. The smallest absolute Gasteiger partial charge is 0.191 e. The third kappa shape index (κ3) is 8.73. The summed E-state index contributed by atoms with van der Waals surface area (Å²) < 4.78 is 0. The van der Waals surface area contributed by atoms with Crippen LogP contribution in [0.2, 0.25) is 0 Å². The Morgan fingerprint density at radius 2 is 2.04 bits per heavy atom. The van der Waals surface area contributed by atoms with Crippen molar-refractivity contribution in [1.82, 2.24) is 10.6 Å². The van der Waals surface area contributed by atoms with Gasteiger partial charge in [-0.1, -0.05) is 19.1 Å². The maximum atomic E-state index is 9.09. The van der Waals surface area contributed by atoms with Crippen LogP contribution in [0.3, 0.4) is 0 Å². The molecule has 1 unspecified atom stereocenters. The van der Waals surface area contributed by atoms with Crippen molar-refractivity contribution in [2.45, 2.75) is 27.7 Å². The Morgan fingerprint density at radius 3 is 2.62 bits per heavy atom. The molecule has 0 spiro atoms. The zero-order valence-corrected chi connectivity index (χ0v) is 17.7. The largest absolute Gasteiger partial charge is 0.396 e. The quantitative estimate of drug-likeness (QED) is 0.309. The molecule has 1 aromatic carbocycles. The van der Waals surface area contributed by atoms with Gasteiger partial charge in [0.2, 0.25) is 0 Å². The molecule has 6 heteroatoms. The van der Waals surface area contributed by atoms with E-state index in [0.29, 0.717) is 6.54 Å². The lowest BCUT2D eigenvalue weighted by atomic mass is 10.2. The van der Waals surface area contributed by atoms with Crippen LogP contribution in [0.1, 0.15) is 26.3 Å². The lowest BCUT2D eigenvalue weighted by molar-refractivity contribution is 0.241. The Labute approximate surface area is 164 Å². The molecule has 1 aromatic rings. The number of hydrogen-bond acceptors (Lipinski definition) is 3. The fourth-order valence-corrected chi connectivity index (χ4v) is 2.25. The molecule has 0 aliphatic heterocycles. The van der Waals surface area contributed by atoms with Crippen molar-refractivity contribution in [1.29, 1.82) is 0 Å². The minimum absolute atomic E-state index is 0. The Kier molecular flexibility index (Phi) is 12.7. The van der Waals surface area contributed by atoms with Crippen LogP contribution in [0.5, 0.6) is 0 Å². The van der Waals surface area contributed by atoms with Gasteiger partial charge in [-0.15, -0.1) is 24.0 Å². The zero-order chi connectivity index (χ0) is 17.1. The molecule has 0 saturated carbocycles. The highest BCUT2D eigenvalue weighted by Gasteiger charge is 2.05. The van der Waals surface area contributed by atoms with Crippen LogP contribution in [0, 0.1) is 12.8 Å². The number of benzene rings is 1. The summed E-state index contributed by atoms with van der Waals surface area (Å²) in [5.74, 6) is 0.998. The van der Waals surface area contributed by atoms with Crippen molar-refractivity contribution in [3.05, 3.63) is 29.8 Å². The fraction of sp³-hybridized carbons (Fsp3) is 0.611. The summed E-state index contributed by atoms with van der Waals surface area (Å²) >= 11 is 0. The maximum Gasteiger partial charge on any atom is 0.191 e. The van der Waals surface area contributed by atoms with Crippen molar-refractivity contribution in [3.63, 3.8) is 0 Å². The molecule has 0 aromatic heterocycles. The predicted molar refractivity (Wildman–Crippen MR) is 115 cm³/mol. The van der Waals surface area contributed by atoms with E-state index in [1.807, 2.05) is 6.92 Å². The van der Waals surface area contributed by atoms with Gasteiger partial charge < -0.3 is 20.6 Å². The Bertz CT molecular complexity index is 482. The van der Waals surface area contributed by atoms with E-state index in [4.69, 9.17) is 5.11 Å². The first kappa shape index (κ1) is 23.0. The average Bonchev–Trinajstić information content (AvgIpc) is 2.56. The van der Waals surface area contributed by atoms with E-state index in [-0.39, 0.29) is 36.5 Å². The molecular formula is C18H33IN4O. The second kappa shape index (κ2) is 13.3. The molecule has 1 rings (SSSR count). The molecule has 3 N–H and O–H groups in total. The van der Waals surface area contributed by atoms with Crippen LogP contribution < -0.4 is 15.5 Å². The van der Waals surface area contributed by atoms with E-state index < -0.39 is 0 Å². The topological polar surface area (TPSA) is 59.9 Å². The third-order valence-electron chi connectivity index (χ3n) is 3.64. The number of nitrogens with zero attached hydrogens (tertiary/aromatic N) is 2. The van der Waals surface area contributed by atoms with Crippen molar-refractivity contribution in [3.8, 4) is 0 Å². The Hall–Kier alpha value is -1.02. The number of aryl methyl sites for hydroxylation is 1. The molecular weight excluding hydrogens is 415 g/mol. The molecule has 0 bridgehead atoms. The standard InChI is InChI=1S/C18H32N4O.HI/c1-5-19-18(21-13-16(4)14-23)20-10-11-22(6-2)17-9-7-8-15(3)12-17;/h7-9,12,16,23H,5-6,10-11,13-14H2,1-4H3,(H2,19,20,21);1H. The number of aliphatic hydroxyl groups excluding tert-OH is 1. The van der Waals surface area contributed by atoms with Gasteiger partial charge in [0.1, 0.15) is 0 Å². The lowest BCUT2D eigenvalue weighted by Gasteiger charge is -2.24. The van der Waals surface area contributed by atoms with E-state index >= 15 is 0 Å². The second-order valence-electron chi connectivity index (χ2n) is 5.85. The first-order chi connectivity index (χ1) is 11.1. The van der Waals surface area contributed by atoms with E-state index in [9.17, 15) is 0 Å². The van der Waals surface area contributed by atoms with Gasteiger partial charge in [0.25, 0.3) is 0 Å². The molecule has 0 amide bonds. The number of aliphatic imine (C=N–C) groups is 1. The van der Waals surface area contributed by atoms with Gasteiger partial charge in [-0.3, -0.25) is 4.99 Å². The normalized spacial score (nSPS) is 12.3. The summed E-state index contributed by atoms with van der Waals surface area (Å²) in [6.07, 6.45) is 0. The molecule has 0 fully saturated rings. The van der Waals surface area contributed by atoms with Crippen molar-refractivity contribution >= 4 is 35.6 Å². The highest BCUT2D eigenvalue weighted by Crippen LogP contribution is 2.14. The number of halogens is 1. The minimum atomic E-state index is 0. The predicted octanol–water partition coefficient (Wildman–Crippen LogP) is 2.62. The summed E-state index contributed by atoms with van der Waals surface area (Å²) in [5, 5.41) is 15.7. The number of hydrogen-bond donors (Lipinski definition) is 3. The lowest BCUT2D eigenvalue weighted by Crippen LogP contribution is -2.42. The average molecular weight is 448 g/mol. The second-order valence-corrected chi connectivity index (χ2v) is 5.85. The third-order valence-corrected chi connectivity index (χ3v) is 3.64. The van der Waals surface area contributed by atoms with Gasteiger partial charge in [-0.05, 0) is 44.4 Å². The van der Waals surface area contributed by atoms with Gasteiger partial charge in [-0.25, -0.2) is 0 Å². The number of guanidine groups is 1. The molecule has 1 atom stereocenters. The van der Waals surface area contributed by atoms with Crippen LogP contribution in [0.4, 0.5) is 5.69 Å². The van der Waals surface area contributed by atoms with Gasteiger partial charge in [0, 0.05) is 45.0 Å². The maximum absolute atomic E-state index is 9.09. The van der Waals surface area contributed by atoms with Crippen LogP contribution in [-0.4, -0.2) is 50.4 Å². The highest BCUT2D eigenvalue weighted by atomic mass is 127. The summed E-state index contributed by atoms with van der Waals surface area (Å²) in [6, 6.07) is 8.58. The highest BCUT2D eigenvalue weighted by molar-refractivity contribution is 14.0. The van der Waals surface area contributed by atoms with Crippen LogP contribution in [0.15, 0.2) is 29.3 Å². The van der Waals surface area contributed by atoms with E-state index in [0.717, 1.165) is 32.1 Å². The fourth-order valence-electron chi connectivity index (χ4n) is 2.25. The molecule has 24 heavy (non-hydrogen) atoms. The number of anilines is 1.